The van der Waals surface area contributed by atoms with Crippen molar-refractivity contribution >= 4 is 5.69 Å². The number of anilines is 1. The van der Waals surface area contributed by atoms with Gasteiger partial charge in [-0.2, -0.15) is 0 Å². The van der Waals surface area contributed by atoms with Crippen LogP contribution in [0, 0.1) is 6.92 Å². The van der Waals surface area contributed by atoms with Crippen LogP contribution in [0.15, 0.2) is 89.7 Å². The van der Waals surface area contributed by atoms with Crippen LogP contribution in [0.25, 0.3) is 5.69 Å². The van der Waals surface area contributed by atoms with E-state index in [0.29, 0.717) is 5.56 Å². The highest BCUT2D eigenvalue weighted by atomic mass is 16.5. The fourth-order valence-electron chi connectivity index (χ4n) is 3.81. The lowest BCUT2D eigenvalue weighted by Gasteiger charge is -2.21. The van der Waals surface area contributed by atoms with Crippen LogP contribution in [0.1, 0.15) is 22.9 Å². The number of nitrogens with zero attached hydrogens (tertiary/aromatic N) is 2. The summed E-state index contributed by atoms with van der Waals surface area (Å²) in [6, 6.07) is 27.1. The van der Waals surface area contributed by atoms with Gasteiger partial charge in [0.1, 0.15) is 5.75 Å². The van der Waals surface area contributed by atoms with Crippen molar-refractivity contribution in [1.82, 2.24) is 9.36 Å². The lowest BCUT2D eigenvalue weighted by molar-refractivity contribution is 0.416. The molecule has 5 heteroatoms. The quantitative estimate of drug-likeness (QED) is 0.511. The fourth-order valence-corrected chi connectivity index (χ4v) is 3.81. The lowest BCUT2D eigenvalue weighted by Crippen LogP contribution is -2.25. The van der Waals surface area contributed by atoms with E-state index in [1.807, 2.05) is 104 Å². The van der Waals surface area contributed by atoms with Crippen LogP contribution < -0.4 is 15.6 Å². The molecule has 152 valence electrons. The molecule has 0 radical (unpaired) electrons. The SMILES string of the molecule is COc1ccccc1N[C@H](c1ccccc1)c1c(C)n(C)n(-c2ccccc2)c1=O. The Balaban J connectivity index is 1.90. The van der Waals surface area contributed by atoms with Gasteiger partial charge in [-0.25, -0.2) is 4.68 Å². The second-order valence-corrected chi connectivity index (χ2v) is 7.16. The molecule has 0 aliphatic carbocycles. The minimum Gasteiger partial charge on any atom is -0.495 e. The van der Waals surface area contributed by atoms with Gasteiger partial charge in [0.05, 0.1) is 30.1 Å². The van der Waals surface area contributed by atoms with Gasteiger partial charge in [0, 0.05) is 12.7 Å². The third kappa shape index (κ3) is 3.50. The van der Waals surface area contributed by atoms with Gasteiger partial charge in [-0.05, 0) is 36.8 Å². The van der Waals surface area contributed by atoms with Crippen LogP contribution in [0.2, 0.25) is 0 Å². The van der Waals surface area contributed by atoms with Crippen LogP contribution in [0.5, 0.6) is 5.75 Å². The highest BCUT2D eigenvalue weighted by molar-refractivity contribution is 5.59. The van der Waals surface area contributed by atoms with Crippen molar-refractivity contribution < 1.29 is 4.74 Å². The van der Waals surface area contributed by atoms with Gasteiger partial charge in [-0.15, -0.1) is 0 Å². The fraction of sp³-hybridized carbons (Fsp3) is 0.160. The highest BCUT2D eigenvalue weighted by Crippen LogP contribution is 2.32. The third-order valence-corrected chi connectivity index (χ3v) is 5.43. The predicted octanol–water partition coefficient (Wildman–Crippen LogP) is 4.69. The summed E-state index contributed by atoms with van der Waals surface area (Å²) in [6.07, 6.45) is 0. The van der Waals surface area contributed by atoms with E-state index < -0.39 is 0 Å². The molecule has 1 atom stereocenters. The van der Waals surface area contributed by atoms with Crippen molar-refractivity contribution in [3.8, 4) is 11.4 Å². The zero-order valence-corrected chi connectivity index (χ0v) is 17.4. The van der Waals surface area contributed by atoms with Gasteiger partial charge in [0.2, 0.25) is 0 Å². The molecule has 1 heterocycles. The number of hydrogen-bond donors (Lipinski definition) is 1. The maximum Gasteiger partial charge on any atom is 0.277 e. The first kappa shape index (κ1) is 19.6. The zero-order chi connectivity index (χ0) is 21.1. The Bertz CT molecular complexity index is 1190. The summed E-state index contributed by atoms with van der Waals surface area (Å²) in [6.45, 7) is 1.98. The smallest absolute Gasteiger partial charge is 0.277 e. The van der Waals surface area contributed by atoms with Crippen molar-refractivity contribution in [2.45, 2.75) is 13.0 Å². The molecular weight excluding hydrogens is 374 g/mol. The Kier molecular flexibility index (Phi) is 5.44. The molecule has 3 aromatic carbocycles. The maximum atomic E-state index is 13.6. The summed E-state index contributed by atoms with van der Waals surface area (Å²) in [5, 5.41) is 3.55. The van der Waals surface area contributed by atoms with Gasteiger partial charge in [0.15, 0.2) is 0 Å². The second-order valence-electron chi connectivity index (χ2n) is 7.16. The van der Waals surface area contributed by atoms with Crippen LogP contribution in [-0.2, 0) is 7.05 Å². The van der Waals surface area contributed by atoms with Crippen LogP contribution in [0.4, 0.5) is 5.69 Å². The van der Waals surface area contributed by atoms with E-state index in [4.69, 9.17) is 4.74 Å². The summed E-state index contributed by atoms with van der Waals surface area (Å²) in [5.74, 6) is 0.732. The number of ether oxygens (including phenoxy) is 1. The van der Waals surface area contributed by atoms with E-state index in [1.54, 1.807) is 11.8 Å². The van der Waals surface area contributed by atoms with Crippen molar-refractivity contribution in [3.63, 3.8) is 0 Å². The molecule has 1 aromatic heterocycles. The lowest BCUT2D eigenvalue weighted by atomic mass is 9.98. The Morgan fingerprint density at radius 2 is 1.47 bits per heavy atom. The molecule has 0 unspecified atom stereocenters. The minimum absolute atomic E-state index is 0.0440. The number of rotatable bonds is 6. The van der Waals surface area contributed by atoms with E-state index in [-0.39, 0.29) is 11.6 Å². The minimum atomic E-state index is -0.328. The van der Waals surface area contributed by atoms with Gasteiger partial charge in [0.25, 0.3) is 5.56 Å². The molecule has 0 amide bonds. The van der Waals surface area contributed by atoms with Crippen molar-refractivity contribution in [1.29, 1.82) is 0 Å². The molecule has 0 saturated carbocycles. The number of nitrogens with one attached hydrogen (secondary N) is 1. The van der Waals surface area contributed by atoms with E-state index in [1.165, 1.54) is 0 Å². The third-order valence-electron chi connectivity index (χ3n) is 5.43. The van der Waals surface area contributed by atoms with E-state index >= 15 is 0 Å². The molecule has 0 bridgehead atoms. The van der Waals surface area contributed by atoms with Gasteiger partial charge >= 0.3 is 0 Å². The topological polar surface area (TPSA) is 48.2 Å². The molecule has 4 rings (SSSR count). The molecule has 5 nitrogen and oxygen atoms in total. The summed E-state index contributed by atoms with van der Waals surface area (Å²) in [5.41, 5.74) is 4.25. The first-order valence-corrected chi connectivity index (χ1v) is 9.90. The summed E-state index contributed by atoms with van der Waals surface area (Å²) < 4.78 is 9.15. The Morgan fingerprint density at radius 1 is 0.867 bits per heavy atom. The monoisotopic (exact) mass is 399 g/mol. The Morgan fingerprint density at radius 3 is 2.13 bits per heavy atom. The number of hydrogen-bond acceptors (Lipinski definition) is 3. The number of methoxy groups -OCH3 is 1. The van der Waals surface area contributed by atoms with Crippen LogP contribution in [0.3, 0.4) is 0 Å². The molecule has 0 aliphatic rings. The molecule has 0 spiro atoms. The average molecular weight is 399 g/mol. The van der Waals surface area contributed by atoms with E-state index in [9.17, 15) is 4.79 Å². The molecule has 0 saturated heterocycles. The van der Waals surface area contributed by atoms with Crippen molar-refractivity contribution in [3.05, 3.63) is 112 Å². The molecule has 0 aliphatic heterocycles. The zero-order valence-electron chi connectivity index (χ0n) is 17.4. The van der Waals surface area contributed by atoms with Gasteiger partial charge in [-0.3, -0.25) is 9.48 Å². The predicted molar refractivity (Wildman–Crippen MR) is 121 cm³/mol. The Labute approximate surface area is 176 Å². The second kappa shape index (κ2) is 8.33. The number of para-hydroxylation sites is 3. The average Bonchev–Trinajstić information content (AvgIpc) is 3.01. The number of aromatic nitrogens is 2. The molecule has 0 fully saturated rings. The number of benzene rings is 3. The van der Waals surface area contributed by atoms with Gasteiger partial charge < -0.3 is 10.1 Å². The molecular formula is C25H25N3O2. The van der Waals surface area contributed by atoms with Crippen molar-refractivity contribution in [2.24, 2.45) is 7.05 Å². The molecule has 30 heavy (non-hydrogen) atoms. The highest BCUT2D eigenvalue weighted by Gasteiger charge is 2.26. The Hall–Kier alpha value is -3.73. The van der Waals surface area contributed by atoms with Crippen molar-refractivity contribution in [2.75, 3.05) is 12.4 Å². The summed E-state index contributed by atoms with van der Waals surface area (Å²) in [7, 11) is 3.56. The first-order chi connectivity index (χ1) is 14.6. The normalized spacial score (nSPS) is 11.8. The van der Waals surface area contributed by atoms with Gasteiger partial charge in [-0.1, -0.05) is 60.7 Å². The summed E-state index contributed by atoms with van der Waals surface area (Å²) in [4.78, 5) is 13.6. The standard InChI is InChI=1S/C25H25N3O2/c1-18-23(25(29)28(27(18)2)20-14-8-5-9-15-20)24(19-12-6-4-7-13-19)26-21-16-10-11-17-22(21)30-3/h4-17,24,26H,1-3H3/t24-/m1/s1. The maximum absolute atomic E-state index is 13.6. The van der Waals surface area contributed by atoms with Crippen LogP contribution >= 0.6 is 0 Å². The molecule has 1 N–H and O–H groups in total. The van der Waals surface area contributed by atoms with E-state index in [0.717, 1.165) is 28.4 Å². The largest absolute Gasteiger partial charge is 0.495 e. The van der Waals surface area contributed by atoms with E-state index in [2.05, 4.69) is 5.32 Å². The first-order valence-electron chi connectivity index (χ1n) is 9.90. The summed E-state index contributed by atoms with van der Waals surface area (Å²) >= 11 is 0. The molecule has 4 aromatic rings. The van der Waals surface area contributed by atoms with Crippen LogP contribution in [-0.4, -0.2) is 16.5 Å².